The highest BCUT2D eigenvalue weighted by Gasteiger charge is 2.30. The van der Waals surface area contributed by atoms with Gasteiger partial charge in [0.25, 0.3) is 0 Å². The number of hydrogen-bond donors (Lipinski definition) is 1. The van der Waals surface area contributed by atoms with E-state index in [4.69, 9.17) is 0 Å². The van der Waals surface area contributed by atoms with Gasteiger partial charge in [-0.2, -0.15) is 0 Å². The number of sulfonamides is 1. The maximum absolute atomic E-state index is 13.8. The molecule has 1 atom stereocenters. The van der Waals surface area contributed by atoms with E-state index in [0.29, 0.717) is 25.1 Å². The Bertz CT molecular complexity index is 1340. The van der Waals surface area contributed by atoms with Gasteiger partial charge in [-0.1, -0.05) is 84.8 Å². The molecule has 0 aromatic heterocycles. The van der Waals surface area contributed by atoms with E-state index in [1.807, 2.05) is 87.5 Å². The summed E-state index contributed by atoms with van der Waals surface area (Å²) in [5, 5.41) is 2.98. The van der Waals surface area contributed by atoms with Crippen molar-refractivity contribution in [2.45, 2.75) is 59.0 Å². The minimum Gasteiger partial charge on any atom is -0.354 e. The predicted octanol–water partition coefficient (Wildman–Crippen LogP) is 5.02. The monoisotopic (exact) mass is 563 g/mol. The molecule has 40 heavy (non-hydrogen) atoms. The fourth-order valence-electron chi connectivity index (χ4n) is 4.53. The number of nitrogens with one attached hydrogen (secondary N) is 1. The first-order valence-corrected chi connectivity index (χ1v) is 15.6. The maximum atomic E-state index is 13.8. The Kier molecular flexibility index (Phi) is 11.3. The largest absolute Gasteiger partial charge is 0.354 e. The Morgan fingerprint density at radius 1 is 0.850 bits per heavy atom. The van der Waals surface area contributed by atoms with Crippen molar-refractivity contribution >= 4 is 27.5 Å². The summed E-state index contributed by atoms with van der Waals surface area (Å²) in [5.74, 6) is -0.380. The molecular weight excluding hydrogens is 522 g/mol. The molecule has 0 aliphatic carbocycles. The van der Waals surface area contributed by atoms with Gasteiger partial charge in [0.05, 0.1) is 11.9 Å². The van der Waals surface area contributed by atoms with Crippen LogP contribution >= 0.6 is 0 Å². The van der Waals surface area contributed by atoms with Gasteiger partial charge in [-0.15, -0.1) is 0 Å². The first-order chi connectivity index (χ1) is 19.1. The summed E-state index contributed by atoms with van der Waals surface area (Å²) in [6, 6.07) is 24.2. The normalized spacial score (nSPS) is 12.0. The van der Waals surface area contributed by atoms with Gasteiger partial charge >= 0.3 is 0 Å². The number of nitrogens with zero attached hydrogens (tertiary/aromatic N) is 2. The van der Waals surface area contributed by atoms with Gasteiger partial charge in [-0.3, -0.25) is 13.9 Å². The van der Waals surface area contributed by atoms with Crippen molar-refractivity contribution in [1.29, 1.82) is 0 Å². The summed E-state index contributed by atoms with van der Waals surface area (Å²) in [4.78, 5) is 28.9. The lowest BCUT2D eigenvalue weighted by atomic mass is 10.0. The van der Waals surface area contributed by atoms with Crippen LogP contribution in [0.25, 0.3) is 0 Å². The number of carbonyl (C=O) groups excluding carboxylic acids is 2. The molecule has 214 valence electrons. The molecule has 7 nitrogen and oxygen atoms in total. The number of aryl methyl sites for hydroxylation is 2. The summed E-state index contributed by atoms with van der Waals surface area (Å²) >= 11 is 0. The minimum absolute atomic E-state index is 0.107. The van der Waals surface area contributed by atoms with Crippen molar-refractivity contribution in [3.05, 3.63) is 101 Å². The Morgan fingerprint density at radius 3 is 2.02 bits per heavy atom. The molecule has 8 heteroatoms. The molecule has 0 bridgehead atoms. The molecule has 3 aromatic rings. The number of hydrogen-bond acceptors (Lipinski definition) is 4. The zero-order valence-electron chi connectivity index (χ0n) is 24.0. The molecule has 0 aliphatic rings. The topological polar surface area (TPSA) is 86.8 Å². The highest BCUT2D eigenvalue weighted by Crippen LogP contribution is 2.21. The van der Waals surface area contributed by atoms with Crippen LogP contribution < -0.4 is 9.62 Å². The van der Waals surface area contributed by atoms with E-state index in [-0.39, 0.29) is 31.3 Å². The molecule has 3 aromatic carbocycles. The van der Waals surface area contributed by atoms with Gasteiger partial charge in [-0.25, -0.2) is 8.42 Å². The lowest BCUT2D eigenvalue weighted by Gasteiger charge is -2.32. The van der Waals surface area contributed by atoms with Crippen LogP contribution in [0.5, 0.6) is 0 Å². The van der Waals surface area contributed by atoms with Gasteiger partial charge in [-0.05, 0) is 49.9 Å². The second kappa shape index (κ2) is 14.7. The fourth-order valence-corrected chi connectivity index (χ4v) is 5.49. The zero-order valence-corrected chi connectivity index (χ0v) is 24.8. The molecule has 1 N–H and O–H groups in total. The second-order valence-electron chi connectivity index (χ2n) is 10.3. The average molecular weight is 564 g/mol. The van der Waals surface area contributed by atoms with Crippen molar-refractivity contribution in [2.75, 3.05) is 23.7 Å². The molecule has 0 saturated carbocycles. The number of amides is 2. The standard InChI is InChI=1S/C32H41N3O4S/c1-5-21-33-32(37)30(23-27-10-7-6-8-11-27)34(24-28-17-13-25(2)14-18-28)31(36)12-9-22-35(40(4,38)39)29-19-15-26(3)16-20-29/h6-8,10-11,13-20,30H,5,9,12,21-24H2,1-4H3,(H,33,37)/t30-/m1/s1. The first-order valence-electron chi connectivity index (χ1n) is 13.8. The van der Waals surface area contributed by atoms with E-state index in [1.165, 1.54) is 10.6 Å². The molecule has 0 saturated heterocycles. The first kappa shape index (κ1) is 30.9. The van der Waals surface area contributed by atoms with Crippen molar-refractivity contribution < 1.29 is 18.0 Å². The summed E-state index contributed by atoms with van der Waals surface area (Å²) in [5.41, 5.74) is 4.60. The highest BCUT2D eigenvalue weighted by atomic mass is 32.2. The van der Waals surface area contributed by atoms with Crippen LogP contribution in [0, 0.1) is 13.8 Å². The van der Waals surface area contributed by atoms with Crippen LogP contribution in [-0.2, 0) is 32.6 Å². The summed E-state index contributed by atoms with van der Waals surface area (Å²) in [6.45, 7) is 6.91. The maximum Gasteiger partial charge on any atom is 0.243 e. The molecule has 0 spiro atoms. The third-order valence-electron chi connectivity index (χ3n) is 6.77. The van der Waals surface area contributed by atoms with E-state index in [0.717, 1.165) is 28.7 Å². The summed E-state index contributed by atoms with van der Waals surface area (Å²) < 4.78 is 26.5. The average Bonchev–Trinajstić information content (AvgIpc) is 2.93. The van der Waals surface area contributed by atoms with Gasteiger partial charge in [0.15, 0.2) is 0 Å². The SMILES string of the molecule is CCCNC(=O)[C@@H](Cc1ccccc1)N(Cc1ccc(C)cc1)C(=O)CCCN(c1ccc(C)cc1)S(C)(=O)=O. The number of anilines is 1. The number of carbonyl (C=O) groups is 2. The molecule has 2 amide bonds. The Labute approximate surface area is 239 Å². The Morgan fingerprint density at radius 2 is 1.45 bits per heavy atom. The van der Waals surface area contributed by atoms with Gasteiger partial charge < -0.3 is 10.2 Å². The fraction of sp³-hybridized carbons (Fsp3) is 0.375. The Hall–Kier alpha value is -3.65. The van der Waals surface area contributed by atoms with Gasteiger partial charge in [0.1, 0.15) is 6.04 Å². The van der Waals surface area contributed by atoms with E-state index in [9.17, 15) is 18.0 Å². The highest BCUT2D eigenvalue weighted by molar-refractivity contribution is 7.92. The van der Waals surface area contributed by atoms with Crippen LogP contribution in [0.15, 0.2) is 78.9 Å². The van der Waals surface area contributed by atoms with Crippen LogP contribution in [0.4, 0.5) is 5.69 Å². The van der Waals surface area contributed by atoms with Crippen molar-refractivity contribution in [3.8, 4) is 0 Å². The molecule has 3 rings (SSSR count). The molecule has 0 radical (unpaired) electrons. The lowest BCUT2D eigenvalue weighted by Crippen LogP contribution is -2.50. The predicted molar refractivity (Wildman–Crippen MR) is 162 cm³/mol. The van der Waals surface area contributed by atoms with Crippen LogP contribution in [0.1, 0.15) is 48.4 Å². The van der Waals surface area contributed by atoms with Crippen LogP contribution in [0.3, 0.4) is 0 Å². The van der Waals surface area contributed by atoms with Crippen LogP contribution in [-0.4, -0.2) is 50.5 Å². The third-order valence-corrected chi connectivity index (χ3v) is 7.96. The molecular formula is C32H41N3O4S. The van der Waals surface area contributed by atoms with Crippen molar-refractivity contribution in [2.24, 2.45) is 0 Å². The summed E-state index contributed by atoms with van der Waals surface area (Å²) in [6.07, 6.45) is 2.77. The Balaban J connectivity index is 1.85. The van der Waals surface area contributed by atoms with E-state index in [1.54, 1.807) is 17.0 Å². The number of benzene rings is 3. The molecule has 0 aliphatic heterocycles. The third kappa shape index (κ3) is 9.23. The van der Waals surface area contributed by atoms with E-state index >= 15 is 0 Å². The number of rotatable bonds is 14. The van der Waals surface area contributed by atoms with Crippen molar-refractivity contribution in [3.63, 3.8) is 0 Å². The molecule has 0 fully saturated rings. The zero-order chi connectivity index (χ0) is 29.1. The van der Waals surface area contributed by atoms with Crippen LogP contribution in [0.2, 0.25) is 0 Å². The van der Waals surface area contributed by atoms with E-state index < -0.39 is 16.1 Å². The molecule has 0 unspecified atom stereocenters. The lowest BCUT2D eigenvalue weighted by molar-refractivity contribution is -0.141. The smallest absolute Gasteiger partial charge is 0.243 e. The van der Waals surface area contributed by atoms with E-state index in [2.05, 4.69) is 5.32 Å². The summed E-state index contributed by atoms with van der Waals surface area (Å²) in [7, 11) is -3.54. The van der Waals surface area contributed by atoms with Gasteiger partial charge in [0.2, 0.25) is 21.8 Å². The van der Waals surface area contributed by atoms with Gasteiger partial charge in [0, 0.05) is 32.5 Å². The minimum atomic E-state index is -3.54. The van der Waals surface area contributed by atoms with Crippen molar-refractivity contribution in [1.82, 2.24) is 10.2 Å². The second-order valence-corrected chi connectivity index (χ2v) is 12.2. The molecule has 0 heterocycles. The quantitative estimate of drug-likeness (QED) is 0.299.